The molecule has 6 heteroatoms. The number of ether oxygens (including phenoxy) is 1. The maximum atomic E-state index is 11.7. The summed E-state index contributed by atoms with van der Waals surface area (Å²) >= 11 is 9.31. The Bertz CT molecular complexity index is 580. The smallest absolute Gasteiger partial charge is 0.339 e. The molecule has 1 heterocycles. The van der Waals surface area contributed by atoms with E-state index in [1.807, 2.05) is 0 Å². The van der Waals surface area contributed by atoms with Crippen LogP contribution in [0.15, 0.2) is 16.7 Å². The molecule has 0 atom stereocenters. The van der Waals surface area contributed by atoms with Gasteiger partial charge in [-0.15, -0.1) is 0 Å². The molecule has 4 nitrogen and oxygen atoms in total. The number of nitrogens with zero attached hydrogens (tertiary/aromatic N) is 2. The molecule has 2 rings (SSSR count). The standard InChI is InChI=1S/C10H8BrClN2O2/c1-14-7-3-6(12)9(11)8(10(15)16-2)5(7)4-13-14/h3-4H,1-2H3. The van der Waals surface area contributed by atoms with Crippen molar-refractivity contribution in [3.63, 3.8) is 0 Å². The van der Waals surface area contributed by atoms with Gasteiger partial charge >= 0.3 is 5.97 Å². The van der Waals surface area contributed by atoms with Crippen molar-refractivity contribution in [2.24, 2.45) is 7.05 Å². The van der Waals surface area contributed by atoms with Crippen molar-refractivity contribution in [1.82, 2.24) is 9.78 Å². The molecule has 0 unspecified atom stereocenters. The number of carbonyl (C=O) groups is 1. The highest BCUT2D eigenvalue weighted by molar-refractivity contribution is 9.10. The molecule has 0 aliphatic rings. The SMILES string of the molecule is COC(=O)c1c(Br)c(Cl)cc2c1cnn2C. The number of hydrogen-bond acceptors (Lipinski definition) is 3. The maximum absolute atomic E-state index is 11.7. The molecular formula is C10H8BrClN2O2. The predicted octanol–water partition coefficient (Wildman–Crippen LogP) is 2.78. The first-order valence-electron chi connectivity index (χ1n) is 4.44. The first-order chi connectivity index (χ1) is 7.56. The Morgan fingerprint density at radius 2 is 2.31 bits per heavy atom. The Hall–Kier alpha value is -1.07. The zero-order chi connectivity index (χ0) is 11.9. The largest absolute Gasteiger partial charge is 0.465 e. The zero-order valence-electron chi connectivity index (χ0n) is 8.62. The highest BCUT2D eigenvalue weighted by Gasteiger charge is 2.19. The van der Waals surface area contributed by atoms with Crippen LogP contribution in [0, 0.1) is 0 Å². The highest BCUT2D eigenvalue weighted by Crippen LogP contribution is 2.33. The number of aryl methyl sites for hydroxylation is 1. The number of fused-ring (bicyclic) bond motifs is 1. The summed E-state index contributed by atoms with van der Waals surface area (Å²) in [7, 11) is 3.12. The fourth-order valence-corrected chi connectivity index (χ4v) is 2.22. The third kappa shape index (κ3) is 1.60. The fourth-order valence-electron chi connectivity index (χ4n) is 1.53. The van der Waals surface area contributed by atoms with Crippen molar-refractivity contribution in [2.45, 2.75) is 0 Å². The molecule has 1 aromatic heterocycles. The van der Waals surface area contributed by atoms with Crippen molar-refractivity contribution >= 4 is 44.4 Å². The van der Waals surface area contributed by atoms with Crippen molar-refractivity contribution in [3.8, 4) is 0 Å². The minimum absolute atomic E-state index is 0.401. The Morgan fingerprint density at radius 3 is 2.94 bits per heavy atom. The molecular weight excluding hydrogens is 295 g/mol. The second-order valence-electron chi connectivity index (χ2n) is 3.24. The van der Waals surface area contributed by atoms with Crippen molar-refractivity contribution < 1.29 is 9.53 Å². The van der Waals surface area contributed by atoms with E-state index in [1.165, 1.54) is 7.11 Å². The lowest BCUT2D eigenvalue weighted by atomic mass is 10.1. The number of esters is 1. The lowest BCUT2D eigenvalue weighted by Crippen LogP contribution is -2.03. The summed E-state index contributed by atoms with van der Waals surface area (Å²) in [6.45, 7) is 0. The van der Waals surface area contributed by atoms with E-state index in [0.29, 0.717) is 20.4 Å². The van der Waals surface area contributed by atoms with E-state index >= 15 is 0 Å². The Kier molecular flexibility index (Phi) is 2.90. The van der Waals surface area contributed by atoms with Crippen LogP contribution in [-0.2, 0) is 11.8 Å². The summed E-state index contributed by atoms with van der Waals surface area (Å²) in [5, 5.41) is 5.25. The van der Waals surface area contributed by atoms with Gasteiger partial charge in [-0.05, 0) is 22.0 Å². The average molecular weight is 304 g/mol. The summed E-state index contributed by atoms with van der Waals surface area (Å²) in [4.78, 5) is 11.7. The minimum atomic E-state index is -0.438. The van der Waals surface area contributed by atoms with E-state index < -0.39 is 5.97 Å². The first kappa shape index (κ1) is 11.4. The van der Waals surface area contributed by atoms with Crippen molar-refractivity contribution in [3.05, 3.63) is 27.3 Å². The van der Waals surface area contributed by atoms with Gasteiger partial charge in [0, 0.05) is 12.4 Å². The summed E-state index contributed by atoms with van der Waals surface area (Å²) in [6.07, 6.45) is 1.61. The first-order valence-corrected chi connectivity index (χ1v) is 5.61. The van der Waals surface area contributed by atoms with Gasteiger partial charge < -0.3 is 4.74 Å². The van der Waals surface area contributed by atoms with E-state index in [-0.39, 0.29) is 0 Å². The third-order valence-electron chi connectivity index (χ3n) is 2.34. The van der Waals surface area contributed by atoms with Gasteiger partial charge in [-0.25, -0.2) is 4.79 Å². The molecule has 0 N–H and O–H groups in total. The molecule has 0 bridgehead atoms. The molecule has 2 aromatic rings. The van der Waals surface area contributed by atoms with Gasteiger partial charge in [0.25, 0.3) is 0 Å². The quantitative estimate of drug-likeness (QED) is 0.761. The van der Waals surface area contributed by atoms with Crippen LogP contribution < -0.4 is 0 Å². The summed E-state index contributed by atoms with van der Waals surface area (Å²) < 4.78 is 6.91. The van der Waals surface area contributed by atoms with Crippen molar-refractivity contribution in [1.29, 1.82) is 0 Å². The molecule has 16 heavy (non-hydrogen) atoms. The molecule has 0 radical (unpaired) electrons. The van der Waals surface area contributed by atoms with Crippen LogP contribution in [0.4, 0.5) is 0 Å². The summed E-state index contributed by atoms with van der Waals surface area (Å²) in [6, 6.07) is 1.75. The normalized spacial score (nSPS) is 10.8. The number of carbonyl (C=O) groups excluding carboxylic acids is 1. The van der Waals surface area contributed by atoms with Crippen LogP contribution in [-0.4, -0.2) is 22.9 Å². The molecule has 0 saturated heterocycles. The molecule has 84 valence electrons. The number of rotatable bonds is 1. The molecule has 0 aliphatic carbocycles. The van der Waals surface area contributed by atoms with Crippen molar-refractivity contribution in [2.75, 3.05) is 7.11 Å². The monoisotopic (exact) mass is 302 g/mol. The second kappa shape index (κ2) is 4.07. The van der Waals surface area contributed by atoms with Gasteiger partial charge in [0.2, 0.25) is 0 Å². The zero-order valence-corrected chi connectivity index (χ0v) is 11.0. The topological polar surface area (TPSA) is 44.1 Å². The van der Waals surface area contributed by atoms with Gasteiger partial charge in [-0.1, -0.05) is 11.6 Å². The van der Waals surface area contributed by atoms with Gasteiger partial charge in [-0.2, -0.15) is 5.10 Å². The second-order valence-corrected chi connectivity index (χ2v) is 4.44. The van der Waals surface area contributed by atoms with Crippen LogP contribution in [0.3, 0.4) is 0 Å². The van der Waals surface area contributed by atoms with Gasteiger partial charge in [0.15, 0.2) is 0 Å². The number of hydrogen-bond donors (Lipinski definition) is 0. The van der Waals surface area contributed by atoms with E-state index in [0.717, 1.165) is 5.52 Å². The van der Waals surface area contributed by atoms with E-state index in [2.05, 4.69) is 21.0 Å². The number of halogens is 2. The Labute approximate surface area is 105 Å². The molecule has 0 saturated carbocycles. The van der Waals surface area contributed by atoms with Gasteiger partial charge in [-0.3, -0.25) is 4.68 Å². The highest BCUT2D eigenvalue weighted by atomic mass is 79.9. The van der Waals surface area contributed by atoms with Gasteiger partial charge in [0.05, 0.1) is 33.9 Å². The lowest BCUT2D eigenvalue weighted by molar-refractivity contribution is 0.0602. The predicted molar refractivity (Wildman–Crippen MR) is 64.8 cm³/mol. The third-order valence-corrected chi connectivity index (χ3v) is 3.69. The Balaban J connectivity index is 2.87. The maximum Gasteiger partial charge on any atom is 0.339 e. The molecule has 0 spiro atoms. The van der Waals surface area contributed by atoms with Crippen LogP contribution in [0.2, 0.25) is 5.02 Å². The summed E-state index contributed by atoms with van der Waals surface area (Å²) in [5.74, 6) is -0.438. The van der Waals surface area contributed by atoms with E-state index in [9.17, 15) is 4.79 Å². The van der Waals surface area contributed by atoms with Crippen LogP contribution in [0.5, 0.6) is 0 Å². The molecule has 0 fully saturated rings. The van der Waals surface area contributed by atoms with Crippen LogP contribution >= 0.6 is 27.5 Å². The fraction of sp³-hybridized carbons (Fsp3) is 0.200. The van der Waals surface area contributed by atoms with Crippen LogP contribution in [0.1, 0.15) is 10.4 Å². The Morgan fingerprint density at radius 1 is 1.62 bits per heavy atom. The number of methoxy groups -OCH3 is 1. The number of benzene rings is 1. The number of aromatic nitrogens is 2. The van der Waals surface area contributed by atoms with Crippen LogP contribution in [0.25, 0.3) is 10.9 Å². The lowest BCUT2D eigenvalue weighted by Gasteiger charge is -2.06. The molecule has 0 amide bonds. The van der Waals surface area contributed by atoms with Gasteiger partial charge in [0.1, 0.15) is 0 Å². The molecule has 1 aromatic carbocycles. The minimum Gasteiger partial charge on any atom is -0.465 e. The van der Waals surface area contributed by atoms with E-state index in [4.69, 9.17) is 16.3 Å². The summed E-state index contributed by atoms with van der Waals surface area (Å²) in [5.41, 5.74) is 1.19. The molecule has 0 aliphatic heterocycles. The van der Waals surface area contributed by atoms with E-state index in [1.54, 1.807) is 24.0 Å². The average Bonchev–Trinajstić information content (AvgIpc) is 2.61.